The van der Waals surface area contributed by atoms with E-state index < -0.39 is 0 Å². The van der Waals surface area contributed by atoms with E-state index in [0.29, 0.717) is 0 Å². The van der Waals surface area contributed by atoms with Crippen LogP contribution in [0.3, 0.4) is 0 Å². The molecule has 0 aliphatic carbocycles. The molecule has 0 atom stereocenters. The Morgan fingerprint density at radius 2 is 1.19 bits per heavy atom. The van der Waals surface area contributed by atoms with Gasteiger partial charge >= 0.3 is 0 Å². The lowest BCUT2D eigenvalue weighted by Gasteiger charge is -2.12. The number of para-hydroxylation sites is 4. The van der Waals surface area contributed by atoms with Gasteiger partial charge in [-0.15, -0.1) is 0 Å². The molecular weight excluding hydrogens is 438 g/mol. The van der Waals surface area contributed by atoms with E-state index in [0.717, 1.165) is 22.3 Å². The number of fused-ring (bicyclic) bond motifs is 8. The van der Waals surface area contributed by atoms with E-state index in [1.54, 1.807) is 0 Å². The summed E-state index contributed by atoms with van der Waals surface area (Å²) in [6.07, 6.45) is 1.89. The van der Waals surface area contributed by atoms with Crippen molar-refractivity contribution in [3.63, 3.8) is 0 Å². The van der Waals surface area contributed by atoms with Crippen LogP contribution in [0.15, 0.2) is 128 Å². The summed E-state index contributed by atoms with van der Waals surface area (Å²) in [7, 11) is 0. The zero-order valence-electron chi connectivity index (χ0n) is 19.5. The van der Waals surface area contributed by atoms with Crippen molar-refractivity contribution in [3.05, 3.63) is 128 Å². The average Bonchev–Trinajstić information content (AvgIpc) is 3.46. The zero-order chi connectivity index (χ0) is 23.6. The van der Waals surface area contributed by atoms with E-state index >= 15 is 0 Å². The van der Waals surface area contributed by atoms with E-state index in [2.05, 4.69) is 124 Å². The molecule has 5 aromatic carbocycles. The lowest BCUT2D eigenvalue weighted by molar-refractivity contribution is 1.17. The SMILES string of the molecule is c1ccc(-n2c3ccccc3c3c2ccc2c4ccccc4n(-c4cccc5cccnc45)c23)cc1. The predicted octanol–water partition coefficient (Wildman–Crippen LogP) is 8.43. The van der Waals surface area contributed by atoms with Gasteiger partial charge in [0.05, 0.1) is 33.3 Å². The second kappa shape index (κ2) is 7.30. The third kappa shape index (κ3) is 2.54. The summed E-state index contributed by atoms with van der Waals surface area (Å²) >= 11 is 0. The van der Waals surface area contributed by atoms with E-state index in [9.17, 15) is 0 Å². The van der Waals surface area contributed by atoms with Crippen LogP contribution in [0.25, 0.3) is 65.9 Å². The molecule has 0 aliphatic rings. The number of benzene rings is 5. The Hall–Kier alpha value is -4.89. The average molecular weight is 460 g/mol. The van der Waals surface area contributed by atoms with Gasteiger partial charge in [-0.1, -0.05) is 78.9 Å². The van der Waals surface area contributed by atoms with Gasteiger partial charge in [-0.2, -0.15) is 0 Å². The summed E-state index contributed by atoms with van der Waals surface area (Å²) in [6, 6.07) is 43.3. The van der Waals surface area contributed by atoms with Gasteiger partial charge < -0.3 is 9.13 Å². The van der Waals surface area contributed by atoms with E-state index in [1.807, 2.05) is 12.3 Å². The maximum atomic E-state index is 4.82. The van der Waals surface area contributed by atoms with Crippen LogP contribution in [-0.2, 0) is 0 Å². The molecule has 0 N–H and O–H groups in total. The molecule has 3 heterocycles. The van der Waals surface area contributed by atoms with E-state index in [1.165, 1.54) is 43.6 Å². The van der Waals surface area contributed by atoms with Gasteiger partial charge in [0.25, 0.3) is 0 Å². The van der Waals surface area contributed by atoms with Crippen molar-refractivity contribution in [2.45, 2.75) is 0 Å². The van der Waals surface area contributed by atoms with Crippen LogP contribution in [0, 0.1) is 0 Å². The van der Waals surface area contributed by atoms with Crippen molar-refractivity contribution in [2.24, 2.45) is 0 Å². The Bertz CT molecular complexity index is 2090. The number of aromatic nitrogens is 3. The molecule has 3 nitrogen and oxygen atoms in total. The fourth-order valence-corrected chi connectivity index (χ4v) is 5.88. The van der Waals surface area contributed by atoms with Crippen molar-refractivity contribution in [2.75, 3.05) is 0 Å². The number of pyridine rings is 1. The Morgan fingerprint density at radius 1 is 0.472 bits per heavy atom. The molecule has 0 bridgehead atoms. The molecule has 3 heteroatoms. The summed E-state index contributed by atoms with van der Waals surface area (Å²) < 4.78 is 4.80. The van der Waals surface area contributed by atoms with Crippen LogP contribution < -0.4 is 0 Å². The quantitative estimate of drug-likeness (QED) is 0.254. The summed E-state index contributed by atoms with van der Waals surface area (Å²) in [5.41, 5.74) is 8.09. The van der Waals surface area contributed by atoms with Gasteiger partial charge in [0.2, 0.25) is 0 Å². The van der Waals surface area contributed by atoms with Crippen molar-refractivity contribution in [1.82, 2.24) is 14.1 Å². The third-order valence-electron chi connectivity index (χ3n) is 7.34. The summed E-state index contributed by atoms with van der Waals surface area (Å²) in [6.45, 7) is 0. The second-order valence-corrected chi connectivity index (χ2v) is 9.25. The largest absolute Gasteiger partial charge is 0.309 e. The highest BCUT2D eigenvalue weighted by atomic mass is 15.0. The first-order valence-electron chi connectivity index (χ1n) is 12.2. The standard InChI is InChI=1S/C33H21N3/c1-2-12-23(13-3-1)35-28-17-7-5-15-26(28)31-29(35)20-19-25-24-14-4-6-16-27(24)36(33(25)31)30-18-8-10-22-11-9-21-34-32(22)30/h1-21H. The molecule has 0 amide bonds. The summed E-state index contributed by atoms with van der Waals surface area (Å²) in [4.78, 5) is 4.82. The Labute approximate surface area is 207 Å². The highest BCUT2D eigenvalue weighted by molar-refractivity contribution is 6.26. The van der Waals surface area contributed by atoms with Crippen LogP contribution in [0.4, 0.5) is 0 Å². The molecule has 8 aromatic rings. The molecule has 168 valence electrons. The van der Waals surface area contributed by atoms with Gasteiger partial charge in [0.15, 0.2) is 0 Å². The first-order valence-corrected chi connectivity index (χ1v) is 12.2. The molecule has 3 aromatic heterocycles. The van der Waals surface area contributed by atoms with E-state index in [-0.39, 0.29) is 0 Å². The van der Waals surface area contributed by atoms with Gasteiger partial charge in [-0.25, -0.2) is 0 Å². The Balaban J connectivity index is 1.65. The van der Waals surface area contributed by atoms with Crippen LogP contribution in [0.1, 0.15) is 0 Å². The predicted molar refractivity (Wildman–Crippen MR) is 150 cm³/mol. The van der Waals surface area contributed by atoms with Crippen LogP contribution in [0.2, 0.25) is 0 Å². The first-order chi connectivity index (χ1) is 17.9. The molecule has 0 fully saturated rings. The van der Waals surface area contributed by atoms with E-state index in [4.69, 9.17) is 4.98 Å². The maximum absolute atomic E-state index is 4.82. The second-order valence-electron chi connectivity index (χ2n) is 9.25. The molecule has 0 unspecified atom stereocenters. The Kier molecular flexibility index (Phi) is 3.94. The minimum absolute atomic E-state index is 1.01. The lowest BCUT2D eigenvalue weighted by atomic mass is 10.1. The molecular formula is C33H21N3. The Morgan fingerprint density at radius 3 is 2.06 bits per heavy atom. The molecule has 0 saturated heterocycles. The van der Waals surface area contributed by atoms with Crippen LogP contribution in [-0.4, -0.2) is 14.1 Å². The number of hydrogen-bond acceptors (Lipinski definition) is 1. The fourth-order valence-electron chi connectivity index (χ4n) is 5.88. The van der Waals surface area contributed by atoms with Gasteiger partial charge in [-0.05, 0) is 42.5 Å². The minimum atomic E-state index is 1.01. The minimum Gasteiger partial charge on any atom is -0.309 e. The third-order valence-corrected chi connectivity index (χ3v) is 7.34. The normalized spacial score (nSPS) is 11.9. The number of nitrogens with zero attached hydrogens (tertiary/aromatic N) is 3. The highest BCUT2D eigenvalue weighted by Gasteiger charge is 2.21. The van der Waals surface area contributed by atoms with Crippen molar-refractivity contribution in [3.8, 4) is 11.4 Å². The monoisotopic (exact) mass is 459 g/mol. The fraction of sp³-hybridized carbons (Fsp3) is 0. The highest BCUT2D eigenvalue weighted by Crippen LogP contribution is 2.42. The van der Waals surface area contributed by atoms with Gasteiger partial charge in [0, 0.05) is 38.8 Å². The van der Waals surface area contributed by atoms with Crippen LogP contribution >= 0.6 is 0 Å². The smallest absolute Gasteiger partial charge is 0.0942 e. The maximum Gasteiger partial charge on any atom is 0.0942 e. The molecule has 0 spiro atoms. The summed E-state index contributed by atoms with van der Waals surface area (Å²) in [5.74, 6) is 0. The molecule has 8 rings (SSSR count). The van der Waals surface area contributed by atoms with Gasteiger partial charge in [0.1, 0.15) is 0 Å². The molecule has 0 saturated carbocycles. The van der Waals surface area contributed by atoms with Crippen molar-refractivity contribution >= 4 is 54.5 Å². The molecule has 0 aliphatic heterocycles. The topological polar surface area (TPSA) is 22.8 Å². The van der Waals surface area contributed by atoms with Crippen molar-refractivity contribution in [1.29, 1.82) is 0 Å². The number of rotatable bonds is 2. The number of hydrogen-bond donors (Lipinski definition) is 0. The zero-order valence-corrected chi connectivity index (χ0v) is 19.5. The lowest BCUT2D eigenvalue weighted by Crippen LogP contribution is -1.97. The van der Waals surface area contributed by atoms with Crippen LogP contribution in [0.5, 0.6) is 0 Å². The molecule has 36 heavy (non-hydrogen) atoms. The first kappa shape index (κ1) is 19.4. The molecule has 0 radical (unpaired) electrons. The van der Waals surface area contributed by atoms with Gasteiger partial charge in [-0.3, -0.25) is 4.98 Å². The van der Waals surface area contributed by atoms with Crippen molar-refractivity contribution < 1.29 is 0 Å². The summed E-state index contributed by atoms with van der Waals surface area (Å²) in [5, 5.41) is 6.15.